The molecule has 0 bridgehead atoms. The maximum absolute atomic E-state index is 13.9. The molecule has 8 nitrogen and oxygen atoms in total. The summed E-state index contributed by atoms with van der Waals surface area (Å²) in [6.07, 6.45) is 1.23. The molecule has 4 N–H and O–H groups in total. The van der Waals surface area contributed by atoms with Gasteiger partial charge in [0.1, 0.15) is 23.6 Å². The number of rotatable bonds is 3. The van der Waals surface area contributed by atoms with Crippen molar-refractivity contribution in [3.63, 3.8) is 0 Å². The van der Waals surface area contributed by atoms with E-state index in [0.29, 0.717) is 34.3 Å². The lowest BCUT2D eigenvalue weighted by atomic mass is 10.1. The van der Waals surface area contributed by atoms with E-state index in [2.05, 4.69) is 15.6 Å². The molecule has 2 atom stereocenters. The summed E-state index contributed by atoms with van der Waals surface area (Å²) in [4.78, 5) is 19.2. The van der Waals surface area contributed by atoms with E-state index in [9.17, 15) is 14.3 Å². The molecule has 2 saturated heterocycles. The zero-order valence-corrected chi connectivity index (χ0v) is 19.3. The predicted molar refractivity (Wildman–Crippen MR) is 124 cm³/mol. The molecular formula is C23H25ClFN5O3. The van der Waals surface area contributed by atoms with Crippen LogP contribution in [0, 0.1) is 11.2 Å². The van der Waals surface area contributed by atoms with E-state index in [1.54, 1.807) is 6.92 Å². The standard InChI is InChI=1S/C23H25ClFN5O3/c1-11-19(31)7-15(27-11)10-33-20-6-14(25)4-5-16(20)23(32)30-8-17(18(26)9-30)22-28-12(2)21(24)13(3)29-22/h4-6,10-11,19,26-28,31H,7-9H2,1-3H3/b15-10+,22-17+,26-18?. The van der Waals surface area contributed by atoms with E-state index in [1.807, 2.05) is 13.8 Å². The summed E-state index contributed by atoms with van der Waals surface area (Å²) in [5.41, 5.74) is 3.05. The Bertz CT molecular complexity index is 1140. The van der Waals surface area contributed by atoms with Crippen molar-refractivity contribution in [1.29, 1.82) is 5.41 Å². The Labute approximate surface area is 196 Å². The molecule has 2 fully saturated rings. The molecule has 10 heteroatoms. The van der Waals surface area contributed by atoms with Gasteiger partial charge in [-0.1, -0.05) is 11.6 Å². The molecule has 1 amide bonds. The number of nitrogens with zero attached hydrogens (tertiary/aromatic N) is 2. The first-order valence-corrected chi connectivity index (χ1v) is 10.9. The summed E-state index contributed by atoms with van der Waals surface area (Å²) >= 11 is 6.19. The molecule has 4 rings (SSSR count). The Morgan fingerprint density at radius 1 is 1.39 bits per heavy atom. The van der Waals surface area contributed by atoms with Crippen molar-refractivity contribution in [3.05, 3.63) is 63.7 Å². The van der Waals surface area contributed by atoms with Crippen molar-refractivity contribution in [1.82, 2.24) is 15.5 Å². The minimum atomic E-state index is -0.542. The number of carbonyl (C=O) groups excluding carboxylic acids is 1. The van der Waals surface area contributed by atoms with Crippen LogP contribution in [0.2, 0.25) is 0 Å². The normalized spacial score (nSPS) is 26.5. The fourth-order valence-electron chi connectivity index (χ4n) is 3.89. The molecule has 0 spiro atoms. The van der Waals surface area contributed by atoms with E-state index in [-0.39, 0.29) is 36.2 Å². The second-order valence-electron chi connectivity index (χ2n) is 8.33. The fraction of sp³-hybridized carbons (Fsp3) is 0.348. The van der Waals surface area contributed by atoms with Crippen LogP contribution in [0.25, 0.3) is 0 Å². The van der Waals surface area contributed by atoms with Crippen LogP contribution in [0.5, 0.6) is 5.75 Å². The first-order valence-electron chi connectivity index (χ1n) is 10.5. The minimum absolute atomic E-state index is 0.0613. The fourth-order valence-corrected chi connectivity index (χ4v) is 3.98. The molecule has 0 aromatic heterocycles. The lowest BCUT2D eigenvalue weighted by Crippen LogP contribution is -2.29. The van der Waals surface area contributed by atoms with Crippen molar-refractivity contribution < 1.29 is 19.0 Å². The summed E-state index contributed by atoms with van der Waals surface area (Å²) in [6, 6.07) is 3.59. The number of halogens is 2. The Hall–Kier alpha value is -3.17. The second kappa shape index (κ2) is 8.99. The number of hydrogen-bond donors (Lipinski definition) is 4. The second-order valence-corrected chi connectivity index (χ2v) is 8.71. The number of aliphatic hydroxyl groups is 1. The van der Waals surface area contributed by atoms with E-state index in [4.69, 9.17) is 21.7 Å². The molecule has 1 aromatic carbocycles. The van der Waals surface area contributed by atoms with Gasteiger partial charge in [0, 0.05) is 35.5 Å². The summed E-state index contributed by atoms with van der Waals surface area (Å²) in [7, 11) is 0. The third-order valence-electron chi connectivity index (χ3n) is 5.79. The van der Waals surface area contributed by atoms with Crippen molar-refractivity contribution in [2.45, 2.75) is 39.3 Å². The highest BCUT2D eigenvalue weighted by atomic mass is 35.5. The van der Waals surface area contributed by atoms with E-state index < -0.39 is 17.8 Å². The van der Waals surface area contributed by atoms with Gasteiger partial charge in [0.05, 0.1) is 41.2 Å². The average Bonchev–Trinajstić information content (AvgIpc) is 3.31. The van der Waals surface area contributed by atoms with Crippen LogP contribution in [0.15, 0.2) is 57.3 Å². The van der Waals surface area contributed by atoms with Crippen LogP contribution in [0.4, 0.5) is 4.39 Å². The number of allylic oxidation sites excluding steroid dienone is 2. The van der Waals surface area contributed by atoms with Crippen molar-refractivity contribution in [3.8, 4) is 5.75 Å². The van der Waals surface area contributed by atoms with Gasteiger partial charge in [-0.2, -0.15) is 0 Å². The highest BCUT2D eigenvalue weighted by Crippen LogP contribution is 2.28. The Morgan fingerprint density at radius 2 is 2.15 bits per heavy atom. The first-order chi connectivity index (χ1) is 15.6. The molecule has 2 unspecified atom stereocenters. The molecule has 1 aromatic rings. The van der Waals surface area contributed by atoms with Gasteiger partial charge in [0.2, 0.25) is 0 Å². The lowest BCUT2D eigenvalue weighted by Gasteiger charge is -2.19. The molecule has 0 radical (unpaired) electrons. The summed E-state index contributed by atoms with van der Waals surface area (Å²) in [5, 5.41) is 25.0. The number of ether oxygens (including phenoxy) is 1. The number of amides is 1. The molecule has 0 saturated carbocycles. The summed E-state index contributed by atoms with van der Waals surface area (Å²) < 4.78 is 19.6. The number of likely N-dealkylation sites (tertiary alicyclic amines) is 1. The Morgan fingerprint density at radius 3 is 2.82 bits per heavy atom. The quantitative estimate of drug-likeness (QED) is 0.504. The maximum Gasteiger partial charge on any atom is 0.258 e. The number of hydrogen-bond acceptors (Lipinski definition) is 7. The van der Waals surface area contributed by atoms with Gasteiger partial charge >= 0.3 is 0 Å². The maximum atomic E-state index is 13.9. The number of aliphatic imine (C=N–C) groups is 1. The molecule has 3 aliphatic heterocycles. The van der Waals surface area contributed by atoms with E-state index >= 15 is 0 Å². The lowest BCUT2D eigenvalue weighted by molar-refractivity contribution is 0.0801. The number of aliphatic hydroxyl groups excluding tert-OH is 1. The zero-order valence-electron chi connectivity index (χ0n) is 18.5. The van der Waals surface area contributed by atoms with E-state index in [1.165, 1.54) is 23.3 Å². The third-order valence-corrected chi connectivity index (χ3v) is 6.35. The van der Waals surface area contributed by atoms with Crippen LogP contribution in [-0.4, -0.2) is 52.6 Å². The van der Waals surface area contributed by atoms with Crippen molar-refractivity contribution in [2.75, 3.05) is 13.1 Å². The monoisotopic (exact) mass is 473 g/mol. The van der Waals surface area contributed by atoms with Gasteiger partial charge in [-0.3, -0.25) is 4.79 Å². The van der Waals surface area contributed by atoms with Crippen LogP contribution in [0.1, 0.15) is 37.6 Å². The highest BCUT2D eigenvalue weighted by molar-refractivity contribution is 6.43. The third kappa shape index (κ3) is 4.65. The van der Waals surface area contributed by atoms with Crippen molar-refractivity contribution in [2.24, 2.45) is 4.99 Å². The summed E-state index contributed by atoms with van der Waals surface area (Å²) in [5.74, 6) is -0.375. The summed E-state index contributed by atoms with van der Waals surface area (Å²) in [6.45, 7) is 5.70. The first kappa shape index (κ1) is 23.0. The van der Waals surface area contributed by atoms with Crippen molar-refractivity contribution >= 4 is 28.9 Å². The Balaban J connectivity index is 1.56. The molecule has 174 valence electrons. The number of benzene rings is 1. The van der Waals surface area contributed by atoms with Gasteiger partial charge in [-0.05, 0) is 32.9 Å². The largest absolute Gasteiger partial charge is 0.462 e. The Kier molecular flexibility index (Phi) is 6.27. The van der Waals surface area contributed by atoms with Crippen LogP contribution in [0.3, 0.4) is 0 Å². The zero-order chi connectivity index (χ0) is 23.9. The van der Waals surface area contributed by atoms with Gasteiger partial charge < -0.3 is 30.8 Å². The minimum Gasteiger partial charge on any atom is -0.462 e. The van der Waals surface area contributed by atoms with Crippen LogP contribution >= 0.6 is 11.6 Å². The van der Waals surface area contributed by atoms with E-state index in [0.717, 1.165) is 11.8 Å². The van der Waals surface area contributed by atoms with Crippen LogP contribution < -0.4 is 15.4 Å². The smallest absolute Gasteiger partial charge is 0.258 e. The SMILES string of the molecule is CC1=N/C(=C2\CN(C(=O)c3ccc(F)cc3O/C=C3\CC(O)C(C)N3)CC2=N)NC(C)=C1Cl. The predicted octanol–water partition coefficient (Wildman–Crippen LogP) is 3.01. The topological polar surface area (TPSA) is 110 Å². The van der Waals surface area contributed by atoms with Gasteiger partial charge in [-0.25, -0.2) is 9.38 Å². The molecular weight excluding hydrogens is 449 g/mol. The van der Waals surface area contributed by atoms with Gasteiger partial charge in [0.15, 0.2) is 0 Å². The highest BCUT2D eigenvalue weighted by Gasteiger charge is 2.32. The number of carbonyl (C=O) groups is 1. The molecule has 3 heterocycles. The molecule has 0 aliphatic carbocycles. The molecule has 3 aliphatic rings. The van der Waals surface area contributed by atoms with Gasteiger partial charge in [-0.15, -0.1) is 0 Å². The average molecular weight is 474 g/mol. The molecule has 33 heavy (non-hydrogen) atoms. The number of nitrogens with one attached hydrogen (secondary N) is 3. The van der Waals surface area contributed by atoms with Crippen LogP contribution in [-0.2, 0) is 0 Å². The van der Waals surface area contributed by atoms with Gasteiger partial charge in [0.25, 0.3) is 5.91 Å².